The van der Waals surface area contributed by atoms with E-state index in [0.29, 0.717) is 23.0 Å². The molecule has 0 aliphatic heterocycles. The fraction of sp³-hybridized carbons (Fsp3) is 0. The SMILES string of the molecule is N#Cc1ccc(-c2ccc3c(c2)c2ccccc2n3-c2ccc(-c3cccc4oc5ccccc5c34)cc2-c2nc(-c3ccccc3)nc(-c3ccccc3)n2)cc1. The summed E-state index contributed by atoms with van der Waals surface area (Å²) in [4.78, 5) is 15.5. The minimum absolute atomic E-state index is 0.564. The average molecular weight is 742 g/mol. The number of benzene rings is 8. The van der Waals surface area contributed by atoms with Crippen LogP contribution in [0, 0.1) is 11.3 Å². The van der Waals surface area contributed by atoms with Gasteiger partial charge in [0, 0.05) is 38.2 Å². The Morgan fingerprint density at radius 1 is 0.414 bits per heavy atom. The van der Waals surface area contributed by atoms with Gasteiger partial charge >= 0.3 is 0 Å². The van der Waals surface area contributed by atoms with Crippen molar-refractivity contribution < 1.29 is 4.42 Å². The number of hydrogen-bond donors (Lipinski definition) is 0. The number of para-hydroxylation sites is 2. The van der Waals surface area contributed by atoms with Crippen LogP contribution >= 0.6 is 0 Å². The number of nitrogens with zero attached hydrogens (tertiary/aromatic N) is 5. The molecule has 0 amide bonds. The van der Waals surface area contributed by atoms with Gasteiger partial charge in [0.2, 0.25) is 0 Å². The van der Waals surface area contributed by atoms with Crippen LogP contribution in [-0.2, 0) is 0 Å². The molecule has 0 saturated heterocycles. The summed E-state index contributed by atoms with van der Waals surface area (Å²) in [6.07, 6.45) is 0. The summed E-state index contributed by atoms with van der Waals surface area (Å²) in [6.45, 7) is 0. The molecule has 0 spiro atoms. The summed E-state index contributed by atoms with van der Waals surface area (Å²) in [6, 6.07) is 66.3. The highest BCUT2D eigenvalue weighted by Crippen LogP contribution is 2.42. The Hall–Kier alpha value is -8.14. The molecule has 58 heavy (non-hydrogen) atoms. The van der Waals surface area contributed by atoms with Crippen molar-refractivity contribution in [2.45, 2.75) is 0 Å². The molecule has 3 heterocycles. The first kappa shape index (κ1) is 33.2. The zero-order valence-electron chi connectivity index (χ0n) is 31.0. The molecule has 270 valence electrons. The molecule has 0 atom stereocenters. The van der Waals surface area contributed by atoms with Crippen molar-refractivity contribution in [3.8, 4) is 68.2 Å². The van der Waals surface area contributed by atoms with Gasteiger partial charge in [-0.25, -0.2) is 15.0 Å². The molecular formula is C52H31N5O. The Balaban J connectivity index is 1.20. The highest BCUT2D eigenvalue weighted by Gasteiger charge is 2.22. The Kier molecular flexibility index (Phi) is 7.76. The maximum atomic E-state index is 9.41. The van der Waals surface area contributed by atoms with E-state index in [9.17, 15) is 5.26 Å². The van der Waals surface area contributed by atoms with E-state index < -0.39 is 0 Å². The van der Waals surface area contributed by atoms with Gasteiger partial charge in [-0.3, -0.25) is 0 Å². The second kappa shape index (κ2) is 13.6. The Labute approximate surface area is 333 Å². The third-order valence-electron chi connectivity index (χ3n) is 10.9. The van der Waals surface area contributed by atoms with Gasteiger partial charge in [0.25, 0.3) is 0 Å². The molecule has 0 saturated carbocycles. The van der Waals surface area contributed by atoms with Crippen LogP contribution in [0.2, 0.25) is 0 Å². The number of hydrogen-bond acceptors (Lipinski definition) is 5. The van der Waals surface area contributed by atoms with E-state index in [4.69, 9.17) is 19.4 Å². The van der Waals surface area contributed by atoms with E-state index in [2.05, 4.69) is 95.6 Å². The molecule has 0 bridgehead atoms. The molecule has 0 radical (unpaired) electrons. The van der Waals surface area contributed by atoms with Gasteiger partial charge < -0.3 is 8.98 Å². The zero-order chi connectivity index (χ0) is 38.6. The summed E-state index contributed by atoms with van der Waals surface area (Å²) in [5.74, 6) is 1.75. The summed E-state index contributed by atoms with van der Waals surface area (Å²) in [7, 11) is 0. The number of furan rings is 1. The Morgan fingerprint density at radius 2 is 1.02 bits per heavy atom. The smallest absolute Gasteiger partial charge is 0.166 e. The molecule has 0 N–H and O–H groups in total. The fourth-order valence-corrected chi connectivity index (χ4v) is 8.17. The van der Waals surface area contributed by atoms with Crippen molar-refractivity contribution in [1.82, 2.24) is 19.5 Å². The molecule has 11 aromatic rings. The molecule has 8 aromatic carbocycles. The molecule has 0 unspecified atom stereocenters. The average Bonchev–Trinajstić information content (AvgIpc) is 3.85. The van der Waals surface area contributed by atoms with Crippen LogP contribution in [0.4, 0.5) is 0 Å². The van der Waals surface area contributed by atoms with Crippen LogP contribution in [0.3, 0.4) is 0 Å². The van der Waals surface area contributed by atoms with E-state index in [1.807, 2.05) is 103 Å². The predicted octanol–water partition coefficient (Wildman–Crippen LogP) is 13.1. The van der Waals surface area contributed by atoms with Gasteiger partial charge in [-0.15, -0.1) is 0 Å². The van der Waals surface area contributed by atoms with Crippen LogP contribution in [0.25, 0.3) is 106 Å². The first-order valence-electron chi connectivity index (χ1n) is 19.2. The number of fused-ring (bicyclic) bond motifs is 6. The van der Waals surface area contributed by atoms with Gasteiger partial charge in [-0.2, -0.15) is 5.26 Å². The van der Waals surface area contributed by atoms with Gasteiger partial charge in [0.15, 0.2) is 17.5 Å². The summed E-state index contributed by atoms with van der Waals surface area (Å²) in [5.41, 5.74) is 12.3. The van der Waals surface area contributed by atoms with Crippen molar-refractivity contribution in [3.05, 3.63) is 194 Å². The van der Waals surface area contributed by atoms with Gasteiger partial charge in [0.05, 0.1) is 28.4 Å². The van der Waals surface area contributed by atoms with E-state index in [-0.39, 0.29) is 0 Å². The molecule has 0 aliphatic carbocycles. The van der Waals surface area contributed by atoms with Gasteiger partial charge in [-0.05, 0) is 76.9 Å². The Morgan fingerprint density at radius 3 is 1.76 bits per heavy atom. The lowest BCUT2D eigenvalue weighted by Crippen LogP contribution is -2.04. The Bertz CT molecular complexity index is 3340. The standard InChI is InChI=1S/C52H31N5O/c53-32-33-22-24-34(25-23-33)37-26-28-45-42(30-37)40-16-7-9-19-44(40)57(45)46-29-27-38(39-18-11-21-48-49(39)41-17-8-10-20-47(41)58-48)31-43(46)52-55-50(35-12-3-1-4-13-35)54-51(56-52)36-14-5-2-6-15-36/h1-31H. The predicted molar refractivity (Wildman–Crippen MR) is 233 cm³/mol. The molecule has 3 aromatic heterocycles. The van der Waals surface area contributed by atoms with Crippen LogP contribution < -0.4 is 0 Å². The van der Waals surface area contributed by atoms with Crippen LogP contribution in [0.5, 0.6) is 0 Å². The monoisotopic (exact) mass is 741 g/mol. The van der Waals surface area contributed by atoms with E-state index in [0.717, 1.165) is 88.4 Å². The molecular weight excluding hydrogens is 711 g/mol. The lowest BCUT2D eigenvalue weighted by molar-refractivity contribution is 0.669. The lowest BCUT2D eigenvalue weighted by Gasteiger charge is -2.17. The number of aromatic nitrogens is 4. The lowest BCUT2D eigenvalue weighted by atomic mass is 9.96. The number of rotatable bonds is 6. The van der Waals surface area contributed by atoms with E-state index in [1.165, 1.54) is 0 Å². The summed E-state index contributed by atoms with van der Waals surface area (Å²) < 4.78 is 8.67. The first-order chi connectivity index (χ1) is 28.7. The molecule has 6 heteroatoms. The molecule has 6 nitrogen and oxygen atoms in total. The van der Waals surface area contributed by atoms with E-state index in [1.54, 1.807) is 0 Å². The normalized spacial score (nSPS) is 11.4. The maximum Gasteiger partial charge on any atom is 0.166 e. The molecule has 0 aliphatic rings. The fourth-order valence-electron chi connectivity index (χ4n) is 8.17. The topological polar surface area (TPSA) is 80.5 Å². The second-order valence-corrected chi connectivity index (χ2v) is 14.3. The van der Waals surface area contributed by atoms with Crippen LogP contribution in [-0.4, -0.2) is 19.5 Å². The van der Waals surface area contributed by atoms with Crippen molar-refractivity contribution in [2.24, 2.45) is 0 Å². The van der Waals surface area contributed by atoms with Crippen molar-refractivity contribution in [1.29, 1.82) is 5.26 Å². The zero-order valence-corrected chi connectivity index (χ0v) is 31.0. The van der Waals surface area contributed by atoms with Gasteiger partial charge in [0.1, 0.15) is 11.2 Å². The van der Waals surface area contributed by atoms with Crippen molar-refractivity contribution >= 4 is 43.7 Å². The first-order valence-corrected chi connectivity index (χ1v) is 19.2. The largest absolute Gasteiger partial charge is 0.456 e. The van der Waals surface area contributed by atoms with Crippen LogP contribution in [0.1, 0.15) is 5.56 Å². The highest BCUT2D eigenvalue weighted by atomic mass is 16.3. The third-order valence-corrected chi connectivity index (χ3v) is 10.9. The van der Waals surface area contributed by atoms with Crippen molar-refractivity contribution in [3.63, 3.8) is 0 Å². The van der Waals surface area contributed by atoms with Crippen LogP contribution in [0.15, 0.2) is 192 Å². The minimum Gasteiger partial charge on any atom is -0.456 e. The number of nitriles is 1. The quantitative estimate of drug-likeness (QED) is 0.169. The summed E-state index contributed by atoms with van der Waals surface area (Å²) >= 11 is 0. The second-order valence-electron chi connectivity index (χ2n) is 14.3. The van der Waals surface area contributed by atoms with E-state index >= 15 is 0 Å². The highest BCUT2D eigenvalue weighted by molar-refractivity contribution is 6.13. The molecule has 0 fully saturated rings. The third kappa shape index (κ3) is 5.53. The maximum absolute atomic E-state index is 9.41. The molecule has 11 rings (SSSR count). The summed E-state index contributed by atoms with van der Waals surface area (Å²) in [5, 5.41) is 13.8. The van der Waals surface area contributed by atoms with Crippen molar-refractivity contribution in [2.75, 3.05) is 0 Å². The van der Waals surface area contributed by atoms with Gasteiger partial charge in [-0.1, -0.05) is 133 Å². The minimum atomic E-state index is 0.564.